The highest BCUT2D eigenvalue weighted by Gasteiger charge is 2.03. The highest BCUT2D eigenvalue weighted by molar-refractivity contribution is 5.62. The SMILES string of the molecule is COc1ccc(CNc2cc(Nc3ccc(C)cc3C)ncn2)cc1. The number of nitrogens with zero attached hydrogens (tertiary/aromatic N) is 2. The molecule has 1 aromatic heterocycles. The van der Waals surface area contributed by atoms with E-state index in [1.54, 1.807) is 13.4 Å². The fourth-order valence-electron chi connectivity index (χ4n) is 2.55. The molecule has 0 radical (unpaired) electrons. The lowest BCUT2D eigenvalue weighted by Crippen LogP contribution is -2.03. The van der Waals surface area contributed by atoms with E-state index in [2.05, 4.69) is 52.6 Å². The van der Waals surface area contributed by atoms with Gasteiger partial charge in [0, 0.05) is 18.3 Å². The monoisotopic (exact) mass is 334 g/mol. The fraction of sp³-hybridized carbons (Fsp3) is 0.200. The van der Waals surface area contributed by atoms with E-state index in [1.165, 1.54) is 11.1 Å². The summed E-state index contributed by atoms with van der Waals surface area (Å²) in [7, 11) is 1.67. The standard InChI is InChI=1S/C20H22N4O/c1-14-4-9-18(15(2)10-14)24-20-11-19(22-13-23-20)21-12-16-5-7-17(25-3)8-6-16/h4-11,13H,12H2,1-3H3,(H2,21,22,23,24). The summed E-state index contributed by atoms with van der Waals surface area (Å²) in [5.41, 5.74) is 4.63. The summed E-state index contributed by atoms with van der Waals surface area (Å²) < 4.78 is 5.17. The first-order valence-electron chi connectivity index (χ1n) is 8.17. The first-order valence-corrected chi connectivity index (χ1v) is 8.17. The molecule has 0 saturated heterocycles. The van der Waals surface area contributed by atoms with Crippen LogP contribution in [-0.2, 0) is 6.54 Å². The van der Waals surface area contributed by atoms with Gasteiger partial charge in [-0.05, 0) is 43.2 Å². The number of benzene rings is 2. The van der Waals surface area contributed by atoms with E-state index >= 15 is 0 Å². The van der Waals surface area contributed by atoms with Crippen molar-refractivity contribution in [2.24, 2.45) is 0 Å². The zero-order chi connectivity index (χ0) is 17.6. The van der Waals surface area contributed by atoms with Gasteiger partial charge >= 0.3 is 0 Å². The van der Waals surface area contributed by atoms with Gasteiger partial charge in [0.2, 0.25) is 0 Å². The number of anilines is 3. The van der Waals surface area contributed by atoms with Crippen LogP contribution in [0.4, 0.5) is 17.3 Å². The molecule has 0 amide bonds. The molecular formula is C20H22N4O. The second-order valence-corrected chi connectivity index (χ2v) is 5.93. The lowest BCUT2D eigenvalue weighted by molar-refractivity contribution is 0.414. The van der Waals surface area contributed by atoms with E-state index in [0.29, 0.717) is 6.54 Å². The van der Waals surface area contributed by atoms with Crippen LogP contribution in [0.1, 0.15) is 16.7 Å². The van der Waals surface area contributed by atoms with Crippen molar-refractivity contribution in [3.05, 3.63) is 71.5 Å². The smallest absolute Gasteiger partial charge is 0.135 e. The van der Waals surface area contributed by atoms with Crippen molar-refractivity contribution in [3.63, 3.8) is 0 Å². The van der Waals surface area contributed by atoms with Crippen LogP contribution in [0.15, 0.2) is 54.9 Å². The van der Waals surface area contributed by atoms with Gasteiger partial charge < -0.3 is 15.4 Å². The molecule has 0 atom stereocenters. The lowest BCUT2D eigenvalue weighted by atomic mass is 10.1. The number of ether oxygens (including phenoxy) is 1. The van der Waals surface area contributed by atoms with Gasteiger partial charge in [0.1, 0.15) is 23.7 Å². The normalized spacial score (nSPS) is 10.4. The predicted molar refractivity (Wildman–Crippen MR) is 102 cm³/mol. The quantitative estimate of drug-likeness (QED) is 0.697. The molecule has 0 aliphatic heterocycles. The van der Waals surface area contributed by atoms with Crippen molar-refractivity contribution in [3.8, 4) is 5.75 Å². The zero-order valence-corrected chi connectivity index (χ0v) is 14.7. The lowest BCUT2D eigenvalue weighted by Gasteiger charge is -2.11. The molecule has 25 heavy (non-hydrogen) atoms. The van der Waals surface area contributed by atoms with E-state index in [4.69, 9.17) is 4.74 Å². The van der Waals surface area contributed by atoms with Gasteiger partial charge in [0.15, 0.2) is 0 Å². The fourth-order valence-corrected chi connectivity index (χ4v) is 2.55. The van der Waals surface area contributed by atoms with Crippen LogP contribution in [0.2, 0.25) is 0 Å². The average molecular weight is 334 g/mol. The summed E-state index contributed by atoms with van der Waals surface area (Å²) in [5.74, 6) is 2.39. The van der Waals surface area contributed by atoms with Crippen molar-refractivity contribution < 1.29 is 4.74 Å². The molecule has 0 aliphatic carbocycles. The minimum Gasteiger partial charge on any atom is -0.497 e. The van der Waals surface area contributed by atoms with Crippen LogP contribution >= 0.6 is 0 Å². The Labute approximate surface area is 148 Å². The molecule has 2 aromatic carbocycles. The zero-order valence-electron chi connectivity index (χ0n) is 14.7. The summed E-state index contributed by atoms with van der Waals surface area (Å²) in [6, 6.07) is 16.2. The molecule has 3 aromatic rings. The van der Waals surface area contributed by atoms with E-state index in [9.17, 15) is 0 Å². The minimum absolute atomic E-state index is 0.685. The second kappa shape index (κ2) is 7.66. The molecular weight excluding hydrogens is 312 g/mol. The van der Waals surface area contributed by atoms with Crippen molar-refractivity contribution in [2.45, 2.75) is 20.4 Å². The van der Waals surface area contributed by atoms with Gasteiger partial charge in [-0.25, -0.2) is 9.97 Å². The molecule has 1 heterocycles. The van der Waals surface area contributed by atoms with Gasteiger partial charge in [0.05, 0.1) is 7.11 Å². The Morgan fingerprint density at radius 3 is 2.40 bits per heavy atom. The Balaban J connectivity index is 1.66. The second-order valence-electron chi connectivity index (χ2n) is 5.93. The summed E-state index contributed by atoms with van der Waals surface area (Å²) in [6.45, 7) is 4.85. The predicted octanol–water partition coefficient (Wildman–Crippen LogP) is 4.46. The van der Waals surface area contributed by atoms with Crippen LogP contribution in [0.25, 0.3) is 0 Å². The Morgan fingerprint density at radius 1 is 0.920 bits per heavy atom. The first kappa shape index (κ1) is 16.8. The molecule has 3 rings (SSSR count). The van der Waals surface area contributed by atoms with Crippen LogP contribution in [-0.4, -0.2) is 17.1 Å². The highest BCUT2D eigenvalue weighted by Crippen LogP contribution is 2.21. The topological polar surface area (TPSA) is 59.1 Å². The minimum atomic E-state index is 0.685. The third kappa shape index (κ3) is 4.47. The van der Waals surface area contributed by atoms with Crippen molar-refractivity contribution in [2.75, 3.05) is 17.7 Å². The molecule has 0 spiro atoms. The van der Waals surface area contributed by atoms with Crippen LogP contribution in [0, 0.1) is 13.8 Å². The Morgan fingerprint density at radius 2 is 1.68 bits per heavy atom. The molecule has 0 fully saturated rings. The maximum absolute atomic E-state index is 5.17. The Bertz CT molecular complexity index is 847. The summed E-state index contributed by atoms with van der Waals surface area (Å²) in [6.07, 6.45) is 1.56. The Hall–Kier alpha value is -3.08. The Kier molecular flexibility index (Phi) is 5.14. The third-order valence-electron chi connectivity index (χ3n) is 3.94. The van der Waals surface area contributed by atoms with Crippen LogP contribution in [0.3, 0.4) is 0 Å². The van der Waals surface area contributed by atoms with Gasteiger partial charge in [-0.1, -0.05) is 29.8 Å². The van der Waals surface area contributed by atoms with E-state index in [0.717, 1.165) is 28.6 Å². The van der Waals surface area contributed by atoms with Crippen molar-refractivity contribution in [1.29, 1.82) is 0 Å². The van der Waals surface area contributed by atoms with Crippen molar-refractivity contribution in [1.82, 2.24) is 9.97 Å². The number of hydrogen-bond donors (Lipinski definition) is 2. The van der Waals surface area contributed by atoms with Gasteiger partial charge in [-0.3, -0.25) is 0 Å². The van der Waals surface area contributed by atoms with E-state index < -0.39 is 0 Å². The maximum Gasteiger partial charge on any atom is 0.135 e. The average Bonchev–Trinajstić information content (AvgIpc) is 2.63. The maximum atomic E-state index is 5.17. The van der Waals surface area contributed by atoms with Crippen LogP contribution in [0.5, 0.6) is 5.75 Å². The third-order valence-corrected chi connectivity index (χ3v) is 3.94. The van der Waals surface area contributed by atoms with Crippen molar-refractivity contribution >= 4 is 17.3 Å². The van der Waals surface area contributed by atoms with Crippen LogP contribution < -0.4 is 15.4 Å². The molecule has 2 N–H and O–H groups in total. The number of methoxy groups -OCH3 is 1. The number of aryl methyl sites for hydroxylation is 2. The van der Waals surface area contributed by atoms with Gasteiger partial charge in [0.25, 0.3) is 0 Å². The summed E-state index contributed by atoms with van der Waals surface area (Å²) >= 11 is 0. The number of rotatable bonds is 6. The first-order chi connectivity index (χ1) is 12.1. The molecule has 0 bridgehead atoms. The molecule has 0 unspecified atom stereocenters. The molecule has 5 nitrogen and oxygen atoms in total. The molecule has 128 valence electrons. The number of hydrogen-bond acceptors (Lipinski definition) is 5. The highest BCUT2D eigenvalue weighted by atomic mass is 16.5. The number of nitrogens with one attached hydrogen (secondary N) is 2. The van der Waals surface area contributed by atoms with E-state index in [1.807, 2.05) is 30.3 Å². The summed E-state index contributed by atoms with van der Waals surface area (Å²) in [4.78, 5) is 8.58. The molecule has 0 saturated carbocycles. The molecule has 0 aliphatic rings. The largest absolute Gasteiger partial charge is 0.497 e. The summed E-state index contributed by atoms with van der Waals surface area (Å²) in [5, 5.41) is 6.66. The van der Waals surface area contributed by atoms with Gasteiger partial charge in [-0.2, -0.15) is 0 Å². The molecule has 5 heteroatoms. The number of aromatic nitrogens is 2. The van der Waals surface area contributed by atoms with Gasteiger partial charge in [-0.15, -0.1) is 0 Å². The van der Waals surface area contributed by atoms with E-state index in [-0.39, 0.29) is 0 Å².